The third kappa shape index (κ3) is 4.30. The van der Waals surface area contributed by atoms with Crippen molar-refractivity contribution >= 4 is 34.4 Å². The molecular formula is C23H24ClNO4. The normalized spacial score (nSPS) is 11.0. The number of hydrogen-bond donors (Lipinski definition) is 1. The van der Waals surface area contributed by atoms with Gasteiger partial charge in [-0.15, -0.1) is 0 Å². The number of aryl methyl sites for hydroxylation is 1. The first-order valence-corrected chi connectivity index (χ1v) is 10.0. The zero-order valence-corrected chi connectivity index (χ0v) is 17.5. The predicted molar refractivity (Wildman–Crippen MR) is 114 cm³/mol. The van der Waals surface area contributed by atoms with E-state index in [4.69, 9.17) is 16.3 Å². The number of halogens is 1. The minimum atomic E-state index is -0.363. The fourth-order valence-corrected chi connectivity index (χ4v) is 3.48. The molecule has 0 bridgehead atoms. The number of nitrogens with zero attached hydrogens (tertiary/aromatic N) is 1. The maximum atomic E-state index is 13.2. The van der Waals surface area contributed by atoms with Gasteiger partial charge in [0.25, 0.3) is 5.91 Å². The fourth-order valence-electron chi connectivity index (χ4n) is 3.32. The molecule has 1 heterocycles. The van der Waals surface area contributed by atoms with Crippen LogP contribution in [0.4, 0.5) is 0 Å². The van der Waals surface area contributed by atoms with E-state index in [0.29, 0.717) is 34.3 Å². The van der Waals surface area contributed by atoms with Crippen LogP contribution in [0.3, 0.4) is 0 Å². The highest BCUT2D eigenvalue weighted by Crippen LogP contribution is 2.35. The van der Waals surface area contributed by atoms with Gasteiger partial charge in [0.15, 0.2) is 0 Å². The van der Waals surface area contributed by atoms with E-state index in [1.165, 1.54) is 6.07 Å². The van der Waals surface area contributed by atoms with Gasteiger partial charge in [0.2, 0.25) is 0 Å². The highest BCUT2D eigenvalue weighted by Gasteiger charge is 2.23. The molecule has 0 amide bonds. The second-order valence-electron chi connectivity index (χ2n) is 7.14. The molecule has 0 fully saturated rings. The largest absolute Gasteiger partial charge is 0.506 e. The summed E-state index contributed by atoms with van der Waals surface area (Å²) in [5.41, 5.74) is 3.40. The van der Waals surface area contributed by atoms with Crippen molar-refractivity contribution in [1.82, 2.24) is 4.57 Å². The summed E-state index contributed by atoms with van der Waals surface area (Å²) >= 11 is 6.12. The number of carbonyl (C=O) groups is 2. The Bertz CT molecular complexity index is 1070. The number of unbranched alkanes of at least 4 members (excludes halogenated alkanes) is 1. The molecule has 3 rings (SSSR count). The SMILES string of the molecule is CCCCOC(=O)Cc1c(C)n(C(=O)c2ccc(C)cc2)c2cc(Cl)c(O)cc12. The Morgan fingerprint density at radius 1 is 1.14 bits per heavy atom. The van der Waals surface area contributed by atoms with Gasteiger partial charge in [-0.2, -0.15) is 0 Å². The number of esters is 1. The Balaban J connectivity index is 2.09. The zero-order valence-electron chi connectivity index (χ0n) is 16.8. The number of phenols is 1. The first kappa shape index (κ1) is 20.9. The molecule has 0 unspecified atom stereocenters. The number of aromatic hydroxyl groups is 1. The van der Waals surface area contributed by atoms with Crippen molar-refractivity contribution in [2.24, 2.45) is 0 Å². The lowest BCUT2D eigenvalue weighted by Crippen LogP contribution is -2.15. The summed E-state index contributed by atoms with van der Waals surface area (Å²) in [5, 5.41) is 10.8. The number of phenolic OH excluding ortho intramolecular Hbond substituents is 1. The van der Waals surface area contributed by atoms with Gasteiger partial charge in [-0.1, -0.05) is 42.6 Å². The molecule has 0 radical (unpaired) electrons. The summed E-state index contributed by atoms with van der Waals surface area (Å²) in [6.45, 7) is 6.13. The van der Waals surface area contributed by atoms with E-state index in [1.807, 2.05) is 26.0 Å². The second-order valence-corrected chi connectivity index (χ2v) is 7.55. The number of benzene rings is 2. The van der Waals surface area contributed by atoms with Gasteiger partial charge >= 0.3 is 5.97 Å². The first-order valence-electron chi connectivity index (χ1n) is 9.62. The van der Waals surface area contributed by atoms with Crippen molar-refractivity contribution in [1.29, 1.82) is 0 Å². The lowest BCUT2D eigenvalue weighted by Gasteiger charge is -2.08. The van der Waals surface area contributed by atoms with Crippen molar-refractivity contribution < 1.29 is 19.4 Å². The van der Waals surface area contributed by atoms with Crippen LogP contribution in [0.1, 0.15) is 46.9 Å². The lowest BCUT2D eigenvalue weighted by molar-refractivity contribution is -0.142. The van der Waals surface area contributed by atoms with Crippen LogP contribution >= 0.6 is 11.6 Å². The van der Waals surface area contributed by atoms with Crippen LogP contribution < -0.4 is 0 Å². The van der Waals surface area contributed by atoms with Gasteiger partial charge < -0.3 is 9.84 Å². The Kier molecular flexibility index (Phi) is 6.28. The van der Waals surface area contributed by atoms with Crippen molar-refractivity contribution in [3.05, 3.63) is 63.8 Å². The van der Waals surface area contributed by atoms with Gasteiger partial charge in [-0.3, -0.25) is 14.2 Å². The molecule has 6 heteroatoms. The minimum Gasteiger partial charge on any atom is -0.506 e. The molecule has 0 saturated heterocycles. The average Bonchev–Trinajstić information content (AvgIpc) is 2.93. The monoisotopic (exact) mass is 413 g/mol. The maximum Gasteiger partial charge on any atom is 0.310 e. The van der Waals surface area contributed by atoms with E-state index in [1.54, 1.807) is 29.7 Å². The Morgan fingerprint density at radius 3 is 2.48 bits per heavy atom. The standard InChI is InChI=1S/C23H24ClNO4/c1-4-5-10-29-22(27)12-17-15(3)25(20-13-19(24)21(26)11-18(17)20)23(28)16-8-6-14(2)7-9-16/h6-9,11,13,26H,4-5,10,12H2,1-3H3. The number of hydrogen-bond acceptors (Lipinski definition) is 4. The number of carbonyl (C=O) groups excluding carboxylic acids is 2. The molecule has 29 heavy (non-hydrogen) atoms. The Labute approximate surface area is 174 Å². The fraction of sp³-hybridized carbons (Fsp3) is 0.304. The maximum absolute atomic E-state index is 13.2. The van der Waals surface area contributed by atoms with Gasteiger partial charge in [-0.25, -0.2) is 0 Å². The molecule has 1 N–H and O–H groups in total. The Morgan fingerprint density at radius 2 is 1.83 bits per heavy atom. The van der Waals surface area contributed by atoms with Crippen molar-refractivity contribution in [2.45, 2.75) is 40.0 Å². The van der Waals surface area contributed by atoms with Gasteiger partial charge in [0, 0.05) is 16.6 Å². The molecule has 3 aromatic rings. The molecule has 1 aromatic heterocycles. The quantitative estimate of drug-likeness (QED) is 0.446. The molecular weight excluding hydrogens is 390 g/mol. The summed E-state index contributed by atoms with van der Waals surface area (Å²) in [7, 11) is 0. The highest BCUT2D eigenvalue weighted by molar-refractivity contribution is 6.33. The van der Waals surface area contributed by atoms with Crippen LogP contribution in [0.15, 0.2) is 36.4 Å². The van der Waals surface area contributed by atoms with Crippen molar-refractivity contribution in [3.8, 4) is 5.75 Å². The van der Waals surface area contributed by atoms with E-state index in [2.05, 4.69) is 0 Å². The molecule has 2 aromatic carbocycles. The second kappa shape index (κ2) is 8.70. The highest BCUT2D eigenvalue weighted by atomic mass is 35.5. The van der Waals surface area contributed by atoms with Crippen LogP contribution in [0.2, 0.25) is 5.02 Å². The summed E-state index contributed by atoms with van der Waals surface area (Å²) in [4.78, 5) is 25.6. The molecule has 0 spiro atoms. The Hall–Kier alpha value is -2.79. The van der Waals surface area contributed by atoms with E-state index < -0.39 is 0 Å². The smallest absolute Gasteiger partial charge is 0.310 e. The topological polar surface area (TPSA) is 68.5 Å². The van der Waals surface area contributed by atoms with E-state index >= 15 is 0 Å². The molecule has 5 nitrogen and oxygen atoms in total. The molecule has 0 aliphatic rings. The van der Waals surface area contributed by atoms with Crippen molar-refractivity contribution in [3.63, 3.8) is 0 Å². The predicted octanol–water partition coefficient (Wildman–Crippen LogP) is 5.19. The summed E-state index contributed by atoms with van der Waals surface area (Å²) in [6.07, 6.45) is 1.75. The number of aromatic nitrogens is 1. The average molecular weight is 414 g/mol. The summed E-state index contributed by atoms with van der Waals surface area (Å²) in [5.74, 6) is -0.683. The molecule has 0 atom stereocenters. The first-order chi connectivity index (χ1) is 13.8. The molecule has 152 valence electrons. The number of fused-ring (bicyclic) bond motifs is 1. The van der Waals surface area contributed by atoms with E-state index in [-0.39, 0.29) is 29.1 Å². The van der Waals surface area contributed by atoms with E-state index in [0.717, 1.165) is 18.4 Å². The van der Waals surface area contributed by atoms with Crippen LogP contribution in [-0.2, 0) is 16.0 Å². The molecule has 0 saturated carbocycles. The lowest BCUT2D eigenvalue weighted by atomic mass is 10.1. The van der Waals surface area contributed by atoms with Gasteiger partial charge in [0.05, 0.1) is 23.6 Å². The summed E-state index contributed by atoms with van der Waals surface area (Å²) < 4.78 is 6.83. The van der Waals surface area contributed by atoms with Gasteiger partial charge in [-0.05, 0) is 50.1 Å². The third-order valence-corrected chi connectivity index (χ3v) is 5.29. The van der Waals surface area contributed by atoms with Crippen LogP contribution in [0, 0.1) is 13.8 Å². The molecule has 0 aliphatic carbocycles. The molecule has 0 aliphatic heterocycles. The van der Waals surface area contributed by atoms with Crippen LogP contribution in [0.25, 0.3) is 10.9 Å². The van der Waals surface area contributed by atoms with E-state index in [9.17, 15) is 14.7 Å². The van der Waals surface area contributed by atoms with Crippen molar-refractivity contribution in [2.75, 3.05) is 6.61 Å². The van der Waals surface area contributed by atoms with Gasteiger partial charge in [0.1, 0.15) is 5.75 Å². The summed E-state index contributed by atoms with van der Waals surface area (Å²) in [6, 6.07) is 10.3. The number of ether oxygens (including phenoxy) is 1. The zero-order chi connectivity index (χ0) is 21.1. The van der Waals surface area contributed by atoms with Crippen LogP contribution in [0.5, 0.6) is 5.75 Å². The minimum absolute atomic E-state index is 0.0152. The van der Waals surface area contributed by atoms with Crippen LogP contribution in [-0.4, -0.2) is 28.2 Å². The third-order valence-electron chi connectivity index (χ3n) is 4.99. The number of rotatable bonds is 6.